The van der Waals surface area contributed by atoms with Gasteiger partial charge in [-0.3, -0.25) is 0 Å². The molecule has 0 unspecified atom stereocenters. The second kappa shape index (κ2) is 3.62. The summed E-state index contributed by atoms with van der Waals surface area (Å²) in [5.41, 5.74) is 0. The molecule has 0 spiro atoms. The van der Waals surface area contributed by atoms with Crippen molar-refractivity contribution in [3.63, 3.8) is 0 Å². The van der Waals surface area contributed by atoms with Crippen molar-refractivity contribution < 1.29 is 35.4 Å². The third-order valence-corrected chi connectivity index (χ3v) is 1.30. The van der Waals surface area contributed by atoms with E-state index in [-0.39, 0.29) is 31.0 Å². The van der Waals surface area contributed by atoms with E-state index < -0.39 is 0 Å². The third kappa shape index (κ3) is 1.86. The van der Waals surface area contributed by atoms with Crippen LogP contribution >= 0.6 is 12.6 Å². The molecule has 3 heteroatoms. The van der Waals surface area contributed by atoms with Gasteiger partial charge in [-0.1, -0.05) is 0 Å². The molecule has 1 nitrogen and oxygen atoms in total. The van der Waals surface area contributed by atoms with Crippen molar-refractivity contribution in [1.29, 1.82) is 0 Å². The molecule has 1 aromatic heterocycles. The molecule has 0 saturated heterocycles. The zero-order valence-electron chi connectivity index (χ0n) is 6.01. The van der Waals surface area contributed by atoms with Crippen LogP contribution in [0.25, 0.3) is 0 Å². The summed E-state index contributed by atoms with van der Waals surface area (Å²) in [5, 5.41) is 0. The predicted molar refractivity (Wildman–Crippen MR) is 31.8 cm³/mol. The van der Waals surface area contributed by atoms with Crippen molar-refractivity contribution >= 4 is 12.6 Å². The fraction of sp³-hybridized carbons (Fsp3) is 0.200. The van der Waals surface area contributed by atoms with Crippen LogP contribution in [-0.4, -0.2) is 0 Å². The first-order valence-electron chi connectivity index (χ1n) is 2.04. The molecule has 0 aliphatic heterocycles. The van der Waals surface area contributed by atoms with Crippen molar-refractivity contribution in [2.45, 2.75) is 11.8 Å². The Morgan fingerprint density at radius 3 is 2.50 bits per heavy atom. The van der Waals surface area contributed by atoms with E-state index in [9.17, 15) is 0 Å². The number of hydrogen-bond donors (Lipinski definition) is 1. The standard InChI is InChI=1S/C5H6OS.Na.H/c1-4-5(7)2-3-6-4;;/h2-3,7H,1H3;;/q;+1;-1. The van der Waals surface area contributed by atoms with E-state index in [1.807, 2.05) is 13.0 Å². The van der Waals surface area contributed by atoms with Crippen LogP contribution in [0.15, 0.2) is 21.6 Å². The van der Waals surface area contributed by atoms with Gasteiger partial charge in [-0.2, -0.15) is 0 Å². The number of rotatable bonds is 0. The van der Waals surface area contributed by atoms with Crippen LogP contribution in [0.2, 0.25) is 0 Å². The maximum absolute atomic E-state index is 4.89. The maximum atomic E-state index is 4.89. The molecular formula is C5H7NaOS. The normalized spacial score (nSPS) is 8.25. The molecule has 0 bridgehead atoms. The molecule has 1 rings (SSSR count). The summed E-state index contributed by atoms with van der Waals surface area (Å²) < 4.78 is 4.89. The number of aryl methyl sites for hydroxylation is 1. The Labute approximate surface area is 77.6 Å². The molecule has 0 radical (unpaired) electrons. The van der Waals surface area contributed by atoms with Crippen molar-refractivity contribution in [2.75, 3.05) is 0 Å². The van der Waals surface area contributed by atoms with Crippen LogP contribution in [0.5, 0.6) is 0 Å². The Morgan fingerprint density at radius 1 is 1.75 bits per heavy atom. The van der Waals surface area contributed by atoms with Crippen LogP contribution in [-0.2, 0) is 0 Å². The van der Waals surface area contributed by atoms with E-state index in [0.29, 0.717) is 0 Å². The monoisotopic (exact) mass is 138 g/mol. The van der Waals surface area contributed by atoms with Crippen LogP contribution in [0.4, 0.5) is 0 Å². The third-order valence-electron chi connectivity index (χ3n) is 0.831. The Morgan fingerprint density at radius 2 is 2.38 bits per heavy atom. The zero-order chi connectivity index (χ0) is 5.28. The van der Waals surface area contributed by atoms with Gasteiger partial charge in [-0.15, -0.1) is 12.6 Å². The summed E-state index contributed by atoms with van der Waals surface area (Å²) in [5.74, 6) is 0.878. The van der Waals surface area contributed by atoms with Gasteiger partial charge in [0.2, 0.25) is 0 Å². The molecule has 0 amide bonds. The average molecular weight is 138 g/mol. The van der Waals surface area contributed by atoms with Gasteiger partial charge in [-0.05, 0) is 13.0 Å². The van der Waals surface area contributed by atoms with E-state index in [4.69, 9.17) is 4.42 Å². The molecule has 0 saturated carbocycles. The summed E-state index contributed by atoms with van der Waals surface area (Å²) in [7, 11) is 0. The van der Waals surface area contributed by atoms with Gasteiger partial charge < -0.3 is 5.84 Å². The van der Waals surface area contributed by atoms with Gasteiger partial charge in [0.05, 0.1) is 6.26 Å². The van der Waals surface area contributed by atoms with Crippen LogP contribution in [0, 0.1) is 6.92 Å². The first-order chi connectivity index (χ1) is 3.30. The number of thiol groups is 1. The summed E-state index contributed by atoms with van der Waals surface area (Å²) in [6, 6.07) is 1.82. The van der Waals surface area contributed by atoms with Gasteiger partial charge in [0, 0.05) is 4.90 Å². The quantitative estimate of drug-likeness (QED) is 0.358. The van der Waals surface area contributed by atoms with Crippen LogP contribution in [0.3, 0.4) is 0 Å². The van der Waals surface area contributed by atoms with E-state index in [2.05, 4.69) is 12.6 Å². The smallest absolute Gasteiger partial charge is 1.00 e. The molecule has 40 valence electrons. The van der Waals surface area contributed by atoms with E-state index >= 15 is 0 Å². The number of hydrogen-bond acceptors (Lipinski definition) is 2. The SMILES string of the molecule is Cc1occc1S.[H-].[Na+]. The summed E-state index contributed by atoms with van der Waals surface area (Å²) in [6.07, 6.45) is 1.62. The van der Waals surface area contributed by atoms with Crippen molar-refractivity contribution in [2.24, 2.45) is 0 Å². The largest absolute Gasteiger partial charge is 1.00 e. The molecule has 0 aliphatic carbocycles. The first-order valence-corrected chi connectivity index (χ1v) is 2.48. The van der Waals surface area contributed by atoms with Gasteiger partial charge >= 0.3 is 29.6 Å². The molecule has 0 N–H and O–H groups in total. The Bertz CT molecular complexity index is 149. The minimum atomic E-state index is 0. The maximum Gasteiger partial charge on any atom is 1.00 e. The van der Waals surface area contributed by atoms with Crippen molar-refractivity contribution in [3.8, 4) is 0 Å². The average Bonchev–Trinajstić information content (AvgIpc) is 1.91. The molecule has 0 atom stereocenters. The Balaban J connectivity index is 0. The summed E-state index contributed by atoms with van der Waals surface area (Å²) in [6.45, 7) is 1.88. The van der Waals surface area contributed by atoms with E-state index in [0.717, 1.165) is 10.7 Å². The number of furan rings is 1. The molecule has 1 aromatic rings. The summed E-state index contributed by atoms with van der Waals surface area (Å²) >= 11 is 4.06. The molecular weight excluding hydrogens is 131 g/mol. The second-order valence-electron chi connectivity index (χ2n) is 1.36. The van der Waals surface area contributed by atoms with Crippen molar-refractivity contribution in [3.05, 3.63) is 18.1 Å². The topological polar surface area (TPSA) is 13.1 Å². The fourth-order valence-electron chi connectivity index (χ4n) is 0.378. The van der Waals surface area contributed by atoms with E-state index in [1.165, 1.54) is 0 Å². The molecule has 1 heterocycles. The fourth-order valence-corrected chi connectivity index (χ4v) is 0.492. The minimum Gasteiger partial charge on any atom is -1.00 e. The molecule has 0 aromatic carbocycles. The summed E-state index contributed by atoms with van der Waals surface area (Å²) in [4.78, 5) is 0.917. The predicted octanol–water partition coefficient (Wildman–Crippen LogP) is -1.01. The van der Waals surface area contributed by atoms with Gasteiger partial charge in [0.1, 0.15) is 5.76 Å². The Hall–Kier alpha value is 0.630. The van der Waals surface area contributed by atoms with Gasteiger partial charge in [-0.25, -0.2) is 0 Å². The van der Waals surface area contributed by atoms with Crippen LogP contribution < -0.4 is 29.6 Å². The van der Waals surface area contributed by atoms with Crippen molar-refractivity contribution in [1.82, 2.24) is 0 Å². The zero-order valence-corrected chi connectivity index (χ0v) is 7.90. The van der Waals surface area contributed by atoms with E-state index in [1.54, 1.807) is 6.26 Å². The van der Waals surface area contributed by atoms with Crippen LogP contribution in [0.1, 0.15) is 7.19 Å². The molecule has 0 aliphatic rings. The first kappa shape index (κ1) is 8.63. The molecule has 8 heavy (non-hydrogen) atoms. The Kier molecular flexibility index (Phi) is 3.90. The van der Waals surface area contributed by atoms with Gasteiger partial charge in [0.15, 0.2) is 0 Å². The second-order valence-corrected chi connectivity index (χ2v) is 1.84. The molecule has 0 fully saturated rings. The minimum absolute atomic E-state index is 0. The van der Waals surface area contributed by atoms with Gasteiger partial charge in [0.25, 0.3) is 0 Å².